The lowest BCUT2D eigenvalue weighted by Crippen LogP contribution is -2.33. The van der Waals surface area contributed by atoms with E-state index in [4.69, 9.17) is 17.3 Å². The van der Waals surface area contributed by atoms with E-state index in [2.05, 4.69) is 15.6 Å². The molecule has 0 fully saturated rings. The van der Waals surface area contributed by atoms with Crippen LogP contribution in [0.25, 0.3) is 0 Å². The first-order chi connectivity index (χ1) is 11.0. The van der Waals surface area contributed by atoms with E-state index in [1.54, 1.807) is 17.5 Å². The van der Waals surface area contributed by atoms with Gasteiger partial charge in [-0.25, -0.2) is 4.98 Å². The number of carbonyl (C=O) groups is 2. The number of halogens is 1. The summed E-state index contributed by atoms with van der Waals surface area (Å²) >= 11 is 7.42. The Morgan fingerprint density at radius 3 is 2.87 bits per heavy atom. The molecule has 1 heterocycles. The van der Waals surface area contributed by atoms with Crippen molar-refractivity contribution in [1.29, 1.82) is 0 Å². The highest BCUT2D eigenvalue weighted by molar-refractivity contribution is 7.09. The molecule has 23 heavy (non-hydrogen) atoms. The number of benzene rings is 1. The lowest BCUT2D eigenvalue weighted by atomic mass is 10.2. The lowest BCUT2D eigenvalue weighted by Gasteiger charge is -2.08. The normalized spacial score (nSPS) is 10.4. The number of nitrogens with one attached hydrogen (secondary N) is 2. The average Bonchev–Trinajstić information content (AvgIpc) is 2.97. The van der Waals surface area contributed by atoms with Crippen LogP contribution < -0.4 is 16.4 Å². The predicted molar refractivity (Wildman–Crippen MR) is 92.0 cm³/mol. The first-order valence-corrected chi connectivity index (χ1v) is 8.24. The molecule has 0 aliphatic rings. The SMILES string of the molecule is Cc1ccc(NC(=O)CNC(=O)c2csc(CCN)n2)c(Cl)c1. The van der Waals surface area contributed by atoms with Crippen LogP contribution >= 0.6 is 22.9 Å². The van der Waals surface area contributed by atoms with Crippen LogP contribution in [0.1, 0.15) is 21.1 Å². The van der Waals surface area contributed by atoms with Gasteiger partial charge in [-0.3, -0.25) is 9.59 Å². The summed E-state index contributed by atoms with van der Waals surface area (Å²) in [6, 6.07) is 5.31. The highest BCUT2D eigenvalue weighted by atomic mass is 35.5. The molecular formula is C15H17ClN4O2S. The maximum Gasteiger partial charge on any atom is 0.271 e. The minimum Gasteiger partial charge on any atom is -0.342 e. The molecule has 0 unspecified atom stereocenters. The molecule has 0 bridgehead atoms. The van der Waals surface area contributed by atoms with Crippen molar-refractivity contribution in [1.82, 2.24) is 10.3 Å². The largest absolute Gasteiger partial charge is 0.342 e. The fraction of sp³-hybridized carbons (Fsp3) is 0.267. The number of aromatic nitrogens is 1. The van der Waals surface area contributed by atoms with E-state index in [-0.39, 0.29) is 12.5 Å². The van der Waals surface area contributed by atoms with Crippen molar-refractivity contribution in [2.24, 2.45) is 5.73 Å². The first kappa shape index (κ1) is 17.4. The van der Waals surface area contributed by atoms with Gasteiger partial charge >= 0.3 is 0 Å². The van der Waals surface area contributed by atoms with Gasteiger partial charge in [-0.15, -0.1) is 11.3 Å². The van der Waals surface area contributed by atoms with Crippen LogP contribution in [0.2, 0.25) is 5.02 Å². The van der Waals surface area contributed by atoms with Crippen molar-refractivity contribution in [3.63, 3.8) is 0 Å². The molecular weight excluding hydrogens is 336 g/mol. The number of nitrogens with two attached hydrogens (primary N) is 1. The summed E-state index contributed by atoms with van der Waals surface area (Å²) < 4.78 is 0. The Morgan fingerprint density at radius 1 is 1.39 bits per heavy atom. The molecule has 8 heteroatoms. The number of hydrogen-bond donors (Lipinski definition) is 3. The molecule has 0 aliphatic heterocycles. The van der Waals surface area contributed by atoms with E-state index >= 15 is 0 Å². The van der Waals surface area contributed by atoms with Gasteiger partial charge in [0.05, 0.1) is 22.3 Å². The molecule has 0 saturated carbocycles. The maximum absolute atomic E-state index is 11.9. The van der Waals surface area contributed by atoms with Gasteiger partial charge in [0.2, 0.25) is 5.91 Å². The van der Waals surface area contributed by atoms with Crippen LogP contribution in [0.3, 0.4) is 0 Å². The molecule has 1 aromatic carbocycles. The first-order valence-electron chi connectivity index (χ1n) is 6.98. The van der Waals surface area contributed by atoms with Gasteiger partial charge in [-0.05, 0) is 31.2 Å². The van der Waals surface area contributed by atoms with Crippen LogP contribution in [0.5, 0.6) is 0 Å². The Hall–Kier alpha value is -1.96. The number of amides is 2. The van der Waals surface area contributed by atoms with Crippen molar-refractivity contribution >= 4 is 40.4 Å². The van der Waals surface area contributed by atoms with Gasteiger partial charge in [0, 0.05) is 11.8 Å². The zero-order valence-corrected chi connectivity index (χ0v) is 14.1. The van der Waals surface area contributed by atoms with E-state index in [0.29, 0.717) is 29.4 Å². The van der Waals surface area contributed by atoms with Crippen molar-refractivity contribution in [3.8, 4) is 0 Å². The molecule has 0 spiro atoms. The van der Waals surface area contributed by atoms with E-state index in [9.17, 15) is 9.59 Å². The van der Waals surface area contributed by atoms with Crippen LogP contribution in [0, 0.1) is 6.92 Å². The number of anilines is 1. The minimum absolute atomic E-state index is 0.160. The summed E-state index contributed by atoms with van der Waals surface area (Å²) in [7, 11) is 0. The second kappa shape index (κ2) is 8.05. The number of aryl methyl sites for hydroxylation is 1. The molecule has 1 aromatic heterocycles. The molecule has 0 atom stereocenters. The van der Waals surface area contributed by atoms with Crippen LogP contribution in [-0.2, 0) is 11.2 Å². The van der Waals surface area contributed by atoms with Crippen molar-refractivity contribution in [2.75, 3.05) is 18.4 Å². The number of thiazole rings is 1. The van der Waals surface area contributed by atoms with Crippen LogP contribution in [0.4, 0.5) is 5.69 Å². The molecule has 2 rings (SSSR count). The van der Waals surface area contributed by atoms with E-state index in [1.165, 1.54) is 11.3 Å². The van der Waals surface area contributed by atoms with Gasteiger partial charge in [0.1, 0.15) is 5.69 Å². The zero-order chi connectivity index (χ0) is 16.8. The molecule has 122 valence electrons. The molecule has 2 aromatic rings. The second-order valence-corrected chi connectivity index (χ2v) is 6.23. The van der Waals surface area contributed by atoms with Crippen LogP contribution in [-0.4, -0.2) is 29.9 Å². The molecule has 0 saturated heterocycles. The third-order valence-electron chi connectivity index (χ3n) is 2.95. The van der Waals surface area contributed by atoms with Gasteiger partial charge in [0.15, 0.2) is 0 Å². The Bertz CT molecular complexity index is 717. The lowest BCUT2D eigenvalue weighted by molar-refractivity contribution is -0.115. The summed E-state index contributed by atoms with van der Waals surface area (Å²) in [4.78, 5) is 28.0. The van der Waals surface area contributed by atoms with E-state index in [0.717, 1.165) is 10.6 Å². The summed E-state index contributed by atoms with van der Waals surface area (Å²) in [6.45, 7) is 2.23. The number of rotatable bonds is 6. The number of nitrogens with zero attached hydrogens (tertiary/aromatic N) is 1. The zero-order valence-electron chi connectivity index (χ0n) is 12.6. The quantitative estimate of drug-likeness (QED) is 0.740. The van der Waals surface area contributed by atoms with Crippen molar-refractivity contribution in [3.05, 3.63) is 44.9 Å². The number of hydrogen-bond acceptors (Lipinski definition) is 5. The van der Waals surface area contributed by atoms with Crippen LogP contribution in [0.15, 0.2) is 23.6 Å². The monoisotopic (exact) mass is 352 g/mol. The summed E-state index contributed by atoms with van der Waals surface area (Å²) in [5.74, 6) is -0.754. The topological polar surface area (TPSA) is 97.1 Å². The highest BCUT2D eigenvalue weighted by Gasteiger charge is 2.12. The Balaban J connectivity index is 1.86. The van der Waals surface area contributed by atoms with E-state index in [1.807, 2.05) is 13.0 Å². The molecule has 0 aliphatic carbocycles. The molecule has 0 radical (unpaired) electrons. The average molecular weight is 353 g/mol. The summed E-state index contributed by atoms with van der Waals surface area (Å²) in [6.07, 6.45) is 0.629. The van der Waals surface area contributed by atoms with Gasteiger partial charge in [-0.2, -0.15) is 0 Å². The summed E-state index contributed by atoms with van der Waals surface area (Å²) in [5.41, 5.74) is 7.24. The van der Waals surface area contributed by atoms with Gasteiger partial charge < -0.3 is 16.4 Å². The fourth-order valence-corrected chi connectivity index (χ4v) is 2.90. The molecule has 4 N–H and O–H groups in total. The third kappa shape index (κ3) is 5.02. The Kier molecular flexibility index (Phi) is 6.09. The van der Waals surface area contributed by atoms with Gasteiger partial charge in [0.25, 0.3) is 5.91 Å². The Labute approximate surface area is 143 Å². The van der Waals surface area contributed by atoms with E-state index < -0.39 is 5.91 Å². The molecule has 2 amide bonds. The minimum atomic E-state index is -0.394. The predicted octanol–water partition coefficient (Wildman–Crippen LogP) is 1.97. The van der Waals surface area contributed by atoms with Crippen molar-refractivity contribution < 1.29 is 9.59 Å². The maximum atomic E-state index is 11.9. The second-order valence-electron chi connectivity index (χ2n) is 4.88. The van der Waals surface area contributed by atoms with Crippen molar-refractivity contribution in [2.45, 2.75) is 13.3 Å². The fourth-order valence-electron chi connectivity index (χ4n) is 1.82. The standard InChI is InChI=1S/C15H17ClN4O2S/c1-9-2-3-11(10(16)6-9)19-13(21)7-18-15(22)12-8-23-14(20-12)4-5-17/h2-3,6,8H,4-5,7,17H2,1H3,(H,18,22)(H,19,21). The summed E-state index contributed by atoms with van der Waals surface area (Å²) in [5, 5.41) is 8.08. The third-order valence-corrected chi connectivity index (χ3v) is 4.17. The smallest absolute Gasteiger partial charge is 0.271 e. The highest BCUT2D eigenvalue weighted by Crippen LogP contribution is 2.22. The Morgan fingerprint density at radius 2 is 2.17 bits per heavy atom. The van der Waals surface area contributed by atoms with Gasteiger partial charge in [-0.1, -0.05) is 17.7 Å². The number of carbonyl (C=O) groups excluding carboxylic acids is 2. The molecule has 6 nitrogen and oxygen atoms in total.